The molecular weight excluding hydrogens is 263 g/mol. The standard InChI is InChI=1S/C16H18F3N/c17-16(18,19)15-5-2-11(3-6-15)9-20-10-14-8-12-1-4-13(14)7-12/h1-6,12-14,20H,7-10H2. The molecule has 1 nitrogen and oxygen atoms in total. The summed E-state index contributed by atoms with van der Waals surface area (Å²) in [4.78, 5) is 0. The van der Waals surface area contributed by atoms with Gasteiger partial charge in [-0.15, -0.1) is 0 Å². The number of hydrogen-bond acceptors (Lipinski definition) is 1. The van der Waals surface area contributed by atoms with Crippen LogP contribution in [0.3, 0.4) is 0 Å². The van der Waals surface area contributed by atoms with Crippen LogP contribution in [0.1, 0.15) is 24.0 Å². The van der Waals surface area contributed by atoms with Gasteiger partial charge in [-0.25, -0.2) is 0 Å². The number of rotatable bonds is 4. The third-order valence-electron chi connectivity index (χ3n) is 4.43. The molecule has 3 atom stereocenters. The normalized spacial score (nSPS) is 28.2. The van der Waals surface area contributed by atoms with E-state index in [1.807, 2.05) is 0 Å². The van der Waals surface area contributed by atoms with Crippen LogP contribution in [-0.2, 0) is 12.7 Å². The van der Waals surface area contributed by atoms with E-state index in [9.17, 15) is 13.2 Å². The third kappa shape index (κ3) is 2.90. The topological polar surface area (TPSA) is 12.0 Å². The smallest absolute Gasteiger partial charge is 0.312 e. The fourth-order valence-corrected chi connectivity index (χ4v) is 3.34. The Balaban J connectivity index is 1.48. The fourth-order valence-electron chi connectivity index (χ4n) is 3.34. The largest absolute Gasteiger partial charge is 0.416 e. The average molecular weight is 281 g/mol. The van der Waals surface area contributed by atoms with Gasteiger partial charge in [0.2, 0.25) is 0 Å². The van der Waals surface area contributed by atoms with E-state index >= 15 is 0 Å². The van der Waals surface area contributed by atoms with Crippen LogP contribution >= 0.6 is 0 Å². The Labute approximate surface area is 116 Å². The Morgan fingerprint density at radius 2 is 1.80 bits per heavy atom. The lowest BCUT2D eigenvalue weighted by molar-refractivity contribution is -0.137. The van der Waals surface area contributed by atoms with Crippen LogP contribution in [-0.4, -0.2) is 6.54 Å². The quantitative estimate of drug-likeness (QED) is 0.822. The zero-order valence-electron chi connectivity index (χ0n) is 11.2. The summed E-state index contributed by atoms with van der Waals surface area (Å²) in [5.74, 6) is 2.16. The van der Waals surface area contributed by atoms with Gasteiger partial charge in [-0.3, -0.25) is 0 Å². The molecule has 1 aromatic rings. The second-order valence-corrected chi connectivity index (χ2v) is 5.87. The van der Waals surface area contributed by atoms with Crippen molar-refractivity contribution < 1.29 is 13.2 Å². The van der Waals surface area contributed by atoms with Crippen LogP contribution in [0, 0.1) is 17.8 Å². The summed E-state index contributed by atoms with van der Waals surface area (Å²) in [6.45, 7) is 1.59. The molecule has 0 spiro atoms. The Kier molecular flexibility index (Phi) is 3.59. The van der Waals surface area contributed by atoms with E-state index in [-0.39, 0.29) is 0 Å². The summed E-state index contributed by atoms with van der Waals surface area (Å²) in [5, 5.41) is 3.37. The van der Waals surface area contributed by atoms with Gasteiger partial charge in [0.15, 0.2) is 0 Å². The van der Waals surface area contributed by atoms with Gasteiger partial charge >= 0.3 is 6.18 Å². The van der Waals surface area contributed by atoms with E-state index in [1.54, 1.807) is 12.1 Å². The molecule has 0 radical (unpaired) electrons. The summed E-state index contributed by atoms with van der Waals surface area (Å²) in [6.07, 6.45) is 2.92. The van der Waals surface area contributed by atoms with Gasteiger partial charge < -0.3 is 5.32 Å². The molecule has 1 aromatic carbocycles. The van der Waals surface area contributed by atoms with Crippen molar-refractivity contribution >= 4 is 0 Å². The molecule has 0 saturated heterocycles. The van der Waals surface area contributed by atoms with Gasteiger partial charge in [0.25, 0.3) is 0 Å². The lowest BCUT2D eigenvalue weighted by atomic mass is 9.93. The predicted octanol–water partition coefficient (Wildman–Crippen LogP) is 4.01. The maximum Gasteiger partial charge on any atom is 0.416 e. The van der Waals surface area contributed by atoms with Crippen LogP contribution in [0.15, 0.2) is 36.4 Å². The van der Waals surface area contributed by atoms with Crippen molar-refractivity contribution in [2.75, 3.05) is 6.54 Å². The highest BCUT2D eigenvalue weighted by Gasteiger charge is 2.35. The second kappa shape index (κ2) is 5.24. The molecule has 0 amide bonds. The monoisotopic (exact) mass is 281 g/mol. The van der Waals surface area contributed by atoms with Gasteiger partial charge in [0, 0.05) is 6.54 Å². The molecule has 0 heterocycles. The Bertz CT molecular complexity index is 489. The lowest BCUT2D eigenvalue weighted by Gasteiger charge is -2.18. The highest BCUT2D eigenvalue weighted by atomic mass is 19.4. The molecule has 0 aliphatic heterocycles. The Hall–Kier alpha value is -1.29. The van der Waals surface area contributed by atoms with E-state index in [4.69, 9.17) is 0 Å². The van der Waals surface area contributed by atoms with Crippen molar-refractivity contribution in [3.63, 3.8) is 0 Å². The number of benzene rings is 1. The molecule has 2 aliphatic rings. The van der Waals surface area contributed by atoms with E-state index in [1.165, 1.54) is 12.8 Å². The molecule has 1 saturated carbocycles. The molecule has 20 heavy (non-hydrogen) atoms. The molecule has 2 bridgehead atoms. The van der Waals surface area contributed by atoms with Gasteiger partial charge in [-0.1, -0.05) is 24.3 Å². The first-order chi connectivity index (χ1) is 9.52. The second-order valence-electron chi connectivity index (χ2n) is 5.87. The molecule has 1 fully saturated rings. The van der Waals surface area contributed by atoms with E-state index in [0.29, 0.717) is 18.4 Å². The van der Waals surface area contributed by atoms with Crippen LogP contribution in [0.4, 0.5) is 13.2 Å². The molecule has 2 aliphatic carbocycles. The molecule has 3 unspecified atom stereocenters. The minimum atomic E-state index is -4.25. The molecule has 0 aromatic heterocycles. The summed E-state index contributed by atoms with van der Waals surface area (Å²) in [7, 11) is 0. The van der Waals surface area contributed by atoms with Crippen molar-refractivity contribution in [3.05, 3.63) is 47.5 Å². The van der Waals surface area contributed by atoms with E-state index in [2.05, 4.69) is 17.5 Å². The van der Waals surface area contributed by atoms with Crippen LogP contribution in [0.5, 0.6) is 0 Å². The van der Waals surface area contributed by atoms with Crippen molar-refractivity contribution in [2.45, 2.75) is 25.6 Å². The van der Waals surface area contributed by atoms with Crippen molar-refractivity contribution in [3.8, 4) is 0 Å². The third-order valence-corrected chi connectivity index (χ3v) is 4.43. The van der Waals surface area contributed by atoms with Gasteiger partial charge in [0.1, 0.15) is 0 Å². The molecule has 108 valence electrons. The van der Waals surface area contributed by atoms with E-state index < -0.39 is 11.7 Å². The summed E-state index contributed by atoms with van der Waals surface area (Å²) < 4.78 is 37.3. The van der Waals surface area contributed by atoms with Crippen LogP contribution in [0.25, 0.3) is 0 Å². The van der Waals surface area contributed by atoms with Crippen molar-refractivity contribution in [1.29, 1.82) is 0 Å². The van der Waals surface area contributed by atoms with Crippen molar-refractivity contribution in [2.24, 2.45) is 17.8 Å². The minimum Gasteiger partial charge on any atom is -0.312 e. The maximum absolute atomic E-state index is 12.4. The van der Waals surface area contributed by atoms with Gasteiger partial charge in [-0.05, 0) is 54.8 Å². The number of nitrogens with one attached hydrogen (secondary N) is 1. The lowest BCUT2D eigenvalue weighted by Crippen LogP contribution is -2.25. The number of allylic oxidation sites excluding steroid dienone is 2. The average Bonchev–Trinajstić information content (AvgIpc) is 3.00. The first kappa shape index (κ1) is 13.7. The van der Waals surface area contributed by atoms with Crippen molar-refractivity contribution in [1.82, 2.24) is 5.32 Å². The summed E-state index contributed by atoms with van der Waals surface area (Å²) in [6, 6.07) is 5.40. The molecule has 4 heteroatoms. The van der Waals surface area contributed by atoms with Crippen LogP contribution < -0.4 is 5.32 Å². The summed E-state index contributed by atoms with van der Waals surface area (Å²) >= 11 is 0. The van der Waals surface area contributed by atoms with Crippen LogP contribution in [0.2, 0.25) is 0 Å². The minimum absolute atomic E-state index is 0.584. The number of hydrogen-bond donors (Lipinski definition) is 1. The van der Waals surface area contributed by atoms with E-state index in [0.717, 1.165) is 30.2 Å². The summed E-state index contributed by atoms with van der Waals surface area (Å²) in [5.41, 5.74) is 0.316. The number of halogens is 3. The molecular formula is C16H18F3N. The highest BCUT2D eigenvalue weighted by molar-refractivity contribution is 5.24. The first-order valence-electron chi connectivity index (χ1n) is 7.07. The predicted molar refractivity (Wildman–Crippen MR) is 72.0 cm³/mol. The first-order valence-corrected chi connectivity index (χ1v) is 7.07. The zero-order valence-corrected chi connectivity index (χ0v) is 11.2. The van der Waals surface area contributed by atoms with Gasteiger partial charge in [0.05, 0.1) is 5.56 Å². The molecule has 3 rings (SSSR count). The number of fused-ring (bicyclic) bond motifs is 2. The highest BCUT2D eigenvalue weighted by Crippen LogP contribution is 2.42. The zero-order chi connectivity index (χ0) is 14.2. The number of alkyl halides is 3. The Morgan fingerprint density at radius 1 is 1.05 bits per heavy atom. The van der Waals surface area contributed by atoms with Gasteiger partial charge in [-0.2, -0.15) is 13.2 Å². The maximum atomic E-state index is 12.4. The SMILES string of the molecule is FC(F)(F)c1ccc(CNCC2CC3C=CC2C3)cc1. The molecule has 1 N–H and O–H groups in total. The fraction of sp³-hybridized carbons (Fsp3) is 0.500. The Morgan fingerprint density at radius 3 is 2.35 bits per heavy atom.